The van der Waals surface area contributed by atoms with E-state index in [1.54, 1.807) is 7.11 Å². The van der Waals surface area contributed by atoms with Gasteiger partial charge in [0, 0.05) is 26.3 Å². The molecular weight excluding hydrogens is 206 g/mol. The summed E-state index contributed by atoms with van der Waals surface area (Å²) in [4.78, 5) is 0. The summed E-state index contributed by atoms with van der Waals surface area (Å²) in [5, 5.41) is 17.0. The van der Waals surface area contributed by atoms with Crippen LogP contribution in [0, 0.1) is 0 Å². The van der Waals surface area contributed by atoms with E-state index < -0.39 is 0 Å². The number of hydrogen-bond donors (Lipinski definition) is 1. The molecule has 0 spiro atoms. The molecule has 0 radical (unpaired) electrons. The Balaban J connectivity index is 1.99. The van der Waals surface area contributed by atoms with Crippen LogP contribution in [0.2, 0.25) is 0 Å². The maximum Gasteiger partial charge on any atom is 0.0850 e. The van der Waals surface area contributed by atoms with Crippen LogP contribution in [0.3, 0.4) is 0 Å². The van der Waals surface area contributed by atoms with Crippen molar-refractivity contribution in [3.63, 3.8) is 0 Å². The third-order valence-corrected chi connectivity index (χ3v) is 3.23. The number of ether oxygens (including phenoxy) is 1. The highest BCUT2D eigenvalue weighted by molar-refractivity contribution is 4.94. The molecule has 1 N–H and O–H groups in total. The molecule has 1 heterocycles. The molecule has 1 aliphatic carbocycles. The van der Waals surface area contributed by atoms with E-state index in [1.165, 1.54) is 6.42 Å². The number of methoxy groups -OCH3 is 1. The smallest absolute Gasteiger partial charge is 0.0850 e. The van der Waals surface area contributed by atoms with Gasteiger partial charge in [-0.1, -0.05) is 5.21 Å². The minimum Gasteiger partial charge on any atom is -0.396 e. The van der Waals surface area contributed by atoms with Crippen molar-refractivity contribution in [1.82, 2.24) is 15.0 Å². The maximum atomic E-state index is 8.82. The van der Waals surface area contributed by atoms with E-state index in [-0.39, 0.29) is 6.61 Å². The number of hydrogen-bond acceptors (Lipinski definition) is 4. The Morgan fingerprint density at radius 1 is 1.56 bits per heavy atom. The summed E-state index contributed by atoms with van der Waals surface area (Å²) in [7, 11) is 1.77. The van der Waals surface area contributed by atoms with Crippen LogP contribution in [0.15, 0.2) is 6.20 Å². The molecular formula is C11H19N3O2. The molecule has 0 bridgehead atoms. The van der Waals surface area contributed by atoms with Gasteiger partial charge in [0.05, 0.1) is 17.8 Å². The lowest BCUT2D eigenvalue weighted by Gasteiger charge is -2.27. The third-order valence-electron chi connectivity index (χ3n) is 3.23. The highest BCUT2D eigenvalue weighted by Gasteiger charge is 2.23. The highest BCUT2D eigenvalue weighted by atomic mass is 16.5. The van der Waals surface area contributed by atoms with Crippen molar-refractivity contribution >= 4 is 0 Å². The van der Waals surface area contributed by atoms with Gasteiger partial charge in [0.1, 0.15) is 0 Å². The highest BCUT2D eigenvalue weighted by Crippen LogP contribution is 2.29. The molecule has 1 aliphatic rings. The molecule has 90 valence electrons. The van der Waals surface area contributed by atoms with E-state index in [9.17, 15) is 0 Å². The van der Waals surface area contributed by atoms with Crippen molar-refractivity contribution in [2.75, 3.05) is 13.7 Å². The van der Waals surface area contributed by atoms with Crippen LogP contribution in [0.1, 0.15) is 37.4 Å². The molecule has 0 saturated heterocycles. The third kappa shape index (κ3) is 2.59. The molecule has 2 unspecified atom stereocenters. The Kier molecular flexibility index (Phi) is 3.90. The fourth-order valence-corrected chi connectivity index (χ4v) is 2.30. The van der Waals surface area contributed by atoms with Crippen LogP contribution in [-0.2, 0) is 11.2 Å². The van der Waals surface area contributed by atoms with Gasteiger partial charge in [-0.15, -0.1) is 5.10 Å². The monoisotopic (exact) mass is 225 g/mol. The van der Waals surface area contributed by atoms with E-state index in [4.69, 9.17) is 9.84 Å². The normalized spacial score (nSPS) is 25.9. The Labute approximate surface area is 95.4 Å². The van der Waals surface area contributed by atoms with Gasteiger partial charge < -0.3 is 9.84 Å². The standard InChI is InChI=1S/C11H19N3O2/c1-16-11-4-2-3-10(7-11)14-8-9(5-6-15)12-13-14/h8,10-11,15H,2-7H2,1H3. The summed E-state index contributed by atoms with van der Waals surface area (Å²) in [5.74, 6) is 0. The lowest BCUT2D eigenvalue weighted by atomic mass is 9.93. The van der Waals surface area contributed by atoms with Crippen LogP contribution >= 0.6 is 0 Å². The first-order chi connectivity index (χ1) is 7.83. The van der Waals surface area contributed by atoms with Crippen molar-refractivity contribution in [2.45, 2.75) is 44.2 Å². The molecule has 2 atom stereocenters. The van der Waals surface area contributed by atoms with Crippen molar-refractivity contribution in [2.24, 2.45) is 0 Å². The first kappa shape index (κ1) is 11.5. The summed E-state index contributed by atoms with van der Waals surface area (Å²) in [6.07, 6.45) is 7.35. The second-order valence-electron chi connectivity index (χ2n) is 4.34. The molecule has 1 saturated carbocycles. The van der Waals surface area contributed by atoms with Gasteiger partial charge in [-0.3, -0.25) is 0 Å². The predicted octanol–water partition coefficient (Wildman–Crippen LogP) is 0.943. The van der Waals surface area contributed by atoms with Gasteiger partial charge in [0.25, 0.3) is 0 Å². The van der Waals surface area contributed by atoms with Crippen molar-refractivity contribution in [3.8, 4) is 0 Å². The molecule has 1 fully saturated rings. The van der Waals surface area contributed by atoms with Gasteiger partial charge in [0.2, 0.25) is 0 Å². The van der Waals surface area contributed by atoms with E-state index in [0.29, 0.717) is 18.6 Å². The van der Waals surface area contributed by atoms with Crippen molar-refractivity contribution in [1.29, 1.82) is 0 Å². The summed E-state index contributed by atoms with van der Waals surface area (Å²) < 4.78 is 7.32. The predicted molar refractivity (Wildman–Crippen MR) is 59.1 cm³/mol. The summed E-state index contributed by atoms with van der Waals surface area (Å²) in [6, 6.07) is 0.402. The molecule has 0 aromatic carbocycles. The van der Waals surface area contributed by atoms with Crippen LogP contribution in [0.4, 0.5) is 0 Å². The minimum absolute atomic E-state index is 0.129. The number of aliphatic hydroxyl groups is 1. The molecule has 5 heteroatoms. The molecule has 2 rings (SSSR count). The SMILES string of the molecule is COC1CCCC(n2cc(CCO)nn2)C1. The molecule has 16 heavy (non-hydrogen) atoms. The second kappa shape index (κ2) is 5.41. The zero-order valence-corrected chi connectivity index (χ0v) is 9.67. The fourth-order valence-electron chi connectivity index (χ4n) is 2.30. The van der Waals surface area contributed by atoms with Crippen LogP contribution in [0.25, 0.3) is 0 Å². The molecule has 0 aliphatic heterocycles. The minimum atomic E-state index is 0.129. The molecule has 1 aromatic rings. The lowest BCUT2D eigenvalue weighted by Crippen LogP contribution is -2.24. The average Bonchev–Trinajstić information content (AvgIpc) is 2.78. The van der Waals surface area contributed by atoms with E-state index in [1.807, 2.05) is 10.9 Å². The quantitative estimate of drug-likeness (QED) is 0.828. The summed E-state index contributed by atoms with van der Waals surface area (Å²) in [6.45, 7) is 0.129. The van der Waals surface area contributed by atoms with E-state index in [0.717, 1.165) is 25.0 Å². The Morgan fingerprint density at radius 2 is 2.44 bits per heavy atom. The number of aromatic nitrogens is 3. The second-order valence-corrected chi connectivity index (χ2v) is 4.34. The first-order valence-electron chi connectivity index (χ1n) is 5.88. The van der Waals surface area contributed by atoms with Gasteiger partial charge in [-0.25, -0.2) is 4.68 Å². The first-order valence-corrected chi connectivity index (χ1v) is 5.88. The average molecular weight is 225 g/mol. The Hall–Kier alpha value is -0.940. The zero-order valence-electron chi connectivity index (χ0n) is 9.67. The number of nitrogens with zero attached hydrogens (tertiary/aromatic N) is 3. The molecule has 0 amide bonds. The topological polar surface area (TPSA) is 60.2 Å². The van der Waals surface area contributed by atoms with Gasteiger partial charge in [-0.05, 0) is 25.7 Å². The van der Waals surface area contributed by atoms with Gasteiger partial charge >= 0.3 is 0 Å². The van der Waals surface area contributed by atoms with E-state index >= 15 is 0 Å². The summed E-state index contributed by atoms with van der Waals surface area (Å²) >= 11 is 0. The fraction of sp³-hybridized carbons (Fsp3) is 0.818. The lowest BCUT2D eigenvalue weighted by molar-refractivity contribution is 0.0504. The summed E-state index contributed by atoms with van der Waals surface area (Å²) in [5.41, 5.74) is 0.863. The number of rotatable bonds is 4. The van der Waals surface area contributed by atoms with Crippen LogP contribution in [0.5, 0.6) is 0 Å². The molecule has 5 nitrogen and oxygen atoms in total. The Morgan fingerprint density at radius 3 is 3.19 bits per heavy atom. The van der Waals surface area contributed by atoms with Crippen LogP contribution in [-0.4, -0.2) is 39.9 Å². The maximum absolute atomic E-state index is 8.82. The Bertz CT molecular complexity index is 327. The number of aliphatic hydroxyl groups excluding tert-OH is 1. The van der Waals surface area contributed by atoms with Gasteiger partial charge in [-0.2, -0.15) is 0 Å². The zero-order chi connectivity index (χ0) is 11.4. The van der Waals surface area contributed by atoms with Crippen molar-refractivity contribution < 1.29 is 9.84 Å². The van der Waals surface area contributed by atoms with Crippen LogP contribution < -0.4 is 0 Å². The van der Waals surface area contributed by atoms with Gasteiger partial charge in [0.15, 0.2) is 0 Å². The van der Waals surface area contributed by atoms with Crippen molar-refractivity contribution in [3.05, 3.63) is 11.9 Å². The molecule has 1 aromatic heterocycles. The largest absolute Gasteiger partial charge is 0.396 e. The van der Waals surface area contributed by atoms with E-state index in [2.05, 4.69) is 10.3 Å².